The van der Waals surface area contributed by atoms with Gasteiger partial charge in [-0.2, -0.15) is 0 Å². The molecule has 0 radical (unpaired) electrons. The normalized spacial score (nSPS) is 10.5. The minimum Gasteiger partial charge on any atom is -0.352 e. The number of carbonyl (C=O) groups excluding carboxylic acids is 1. The SMILES string of the molecule is O=C(CCNCc1ccc(Cl)cc1)NCc1ccc(Cl)cc1. The summed E-state index contributed by atoms with van der Waals surface area (Å²) in [7, 11) is 0. The predicted molar refractivity (Wildman–Crippen MR) is 91.1 cm³/mol. The molecular formula is C17H18Cl2N2O. The molecule has 0 atom stereocenters. The molecule has 1 amide bonds. The van der Waals surface area contributed by atoms with Crippen molar-refractivity contribution in [2.75, 3.05) is 6.54 Å². The highest BCUT2D eigenvalue weighted by Gasteiger charge is 2.01. The molecule has 0 spiro atoms. The number of halogens is 2. The third-order valence-corrected chi connectivity index (χ3v) is 3.68. The summed E-state index contributed by atoms with van der Waals surface area (Å²) in [5.74, 6) is 0.0264. The molecule has 0 heterocycles. The fourth-order valence-corrected chi connectivity index (χ4v) is 2.18. The largest absolute Gasteiger partial charge is 0.352 e. The lowest BCUT2D eigenvalue weighted by Gasteiger charge is -2.07. The molecule has 0 unspecified atom stereocenters. The first kappa shape index (κ1) is 16.8. The lowest BCUT2D eigenvalue weighted by Crippen LogP contribution is -2.27. The Labute approximate surface area is 140 Å². The van der Waals surface area contributed by atoms with E-state index >= 15 is 0 Å². The summed E-state index contributed by atoms with van der Waals surface area (Å²) < 4.78 is 0. The van der Waals surface area contributed by atoms with Gasteiger partial charge in [-0.3, -0.25) is 4.79 Å². The van der Waals surface area contributed by atoms with Crippen LogP contribution in [0.2, 0.25) is 10.0 Å². The van der Waals surface area contributed by atoms with E-state index in [9.17, 15) is 4.79 Å². The van der Waals surface area contributed by atoms with Gasteiger partial charge in [0.2, 0.25) is 5.91 Å². The zero-order valence-electron chi connectivity index (χ0n) is 12.1. The van der Waals surface area contributed by atoms with Gasteiger partial charge < -0.3 is 10.6 Å². The Morgan fingerprint density at radius 1 is 0.818 bits per heavy atom. The summed E-state index contributed by atoms with van der Waals surface area (Å²) in [5, 5.41) is 7.54. The minimum atomic E-state index is 0.0264. The standard InChI is InChI=1S/C17H18Cl2N2O/c18-15-5-1-13(2-6-15)11-20-10-9-17(22)21-12-14-3-7-16(19)8-4-14/h1-8,20H,9-12H2,(H,21,22). The molecule has 0 saturated carbocycles. The third kappa shape index (κ3) is 6.06. The molecule has 0 saturated heterocycles. The van der Waals surface area contributed by atoms with Crippen LogP contribution in [0.3, 0.4) is 0 Å². The molecule has 22 heavy (non-hydrogen) atoms. The molecule has 5 heteroatoms. The van der Waals surface area contributed by atoms with Crippen molar-refractivity contribution >= 4 is 29.1 Å². The number of rotatable bonds is 7. The molecule has 0 aromatic heterocycles. The molecule has 0 aliphatic carbocycles. The van der Waals surface area contributed by atoms with Crippen LogP contribution in [-0.2, 0) is 17.9 Å². The molecule has 0 bridgehead atoms. The Morgan fingerprint density at radius 2 is 1.32 bits per heavy atom. The van der Waals surface area contributed by atoms with Crippen LogP contribution in [0.25, 0.3) is 0 Å². The summed E-state index contributed by atoms with van der Waals surface area (Å²) in [5.41, 5.74) is 2.18. The van der Waals surface area contributed by atoms with Gasteiger partial charge in [0.1, 0.15) is 0 Å². The maximum absolute atomic E-state index is 11.7. The Hall–Kier alpha value is -1.55. The number of hydrogen-bond acceptors (Lipinski definition) is 2. The van der Waals surface area contributed by atoms with Crippen molar-refractivity contribution in [3.8, 4) is 0 Å². The molecule has 0 fully saturated rings. The second kappa shape index (κ2) is 8.79. The summed E-state index contributed by atoms with van der Waals surface area (Å²) in [4.78, 5) is 11.7. The summed E-state index contributed by atoms with van der Waals surface area (Å²) in [6, 6.07) is 15.1. The van der Waals surface area contributed by atoms with E-state index in [2.05, 4.69) is 10.6 Å². The lowest BCUT2D eigenvalue weighted by molar-refractivity contribution is -0.121. The number of amides is 1. The topological polar surface area (TPSA) is 41.1 Å². The highest BCUT2D eigenvalue weighted by Crippen LogP contribution is 2.10. The van der Waals surface area contributed by atoms with Crippen molar-refractivity contribution in [2.24, 2.45) is 0 Å². The van der Waals surface area contributed by atoms with Gasteiger partial charge in [0, 0.05) is 36.1 Å². The van der Waals surface area contributed by atoms with Crippen LogP contribution in [0.5, 0.6) is 0 Å². The molecule has 2 rings (SSSR count). The van der Waals surface area contributed by atoms with Gasteiger partial charge in [0.15, 0.2) is 0 Å². The van der Waals surface area contributed by atoms with Crippen molar-refractivity contribution in [3.63, 3.8) is 0 Å². The monoisotopic (exact) mass is 336 g/mol. The van der Waals surface area contributed by atoms with Crippen molar-refractivity contribution in [3.05, 3.63) is 69.7 Å². The van der Waals surface area contributed by atoms with Gasteiger partial charge >= 0.3 is 0 Å². The summed E-state index contributed by atoms with van der Waals surface area (Å²) in [6.45, 7) is 1.88. The van der Waals surface area contributed by atoms with E-state index in [1.807, 2.05) is 48.5 Å². The predicted octanol–water partition coefficient (Wildman–Crippen LogP) is 3.79. The van der Waals surface area contributed by atoms with Crippen LogP contribution >= 0.6 is 23.2 Å². The zero-order chi connectivity index (χ0) is 15.8. The first-order valence-corrected chi connectivity index (χ1v) is 7.85. The van der Waals surface area contributed by atoms with Crippen molar-refractivity contribution < 1.29 is 4.79 Å². The molecular weight excluding hydrogens is 319 g/mol. The number of nitrogens with one attached hydrogen (secondary N) is 2. The van der Waals surface area contributed by atoms with E-state index in [1.165, 1.54) is 0 Å². The van der Waals surface area contributed by atoms with E-state index in [-0.39, 0.29) is 5.91 Å². The Kier molecular flexibility index (Phi) is 6.72. The van der Waals surface area contributed by atoms with E-state index in [0.29, 0.717) is 24.5 Å². The van der Waals surface area contributed by atoms with Gasteiger partial charge in [-0.1, -0.05) is 47.5 Å². The molecule has 2 aromatic rings. The second-order valence-electron chi connectivity index (χ2n) is 4.96. The van der Waals surface area contributed by atoms with Crippen LogP contribution in [0.4, 0.5) is 0 Å². The van der Waals surface area contributed by atoms with E-state index in [0.717, 1.165) is 22.7 Å². The van der Waals surface area contributed by atoms with Gasteiger partial charge in [-0.25, -0.2) is 0 Å². The first-order chi connectivity index (χ1) is 10.6. The van der Waals surface area contributed by atoms with Crippen LogP contribution in [-0.4, -0.2) is 12.5 Å². The highest BCUT2D eigenvalue weighted by molar-refractivity contribution is 6.30. The Morgan fingerprint density at radius 3 is 1.86 bits per heavy atom. The van der Waals surface area contributed by atoms with Gasteiger partial charge in [-0.05, 0) is 35.4 Å². The number of carbonyl (C=O) groups is 1. The average molecular weight is 337 g/mol. The van der Waals surface area contributed by atoms with Crippen LogP contribution in [0.15, 0.2) is 48.5 Å². The fraction of sp³-hybridized carbons (Fsp3) is 0.235. The molecule has 2 N–H and O–H groups in total. The van der Waals surface area contributed by atoms with Crippen LogP contribution < -0.4 is 10.6 Å². The van der Waals surface area contributed by atoms with Gasteiger partial charge in [0.25, 0.3) is 0 Å². The van der Waals surface area contributed by atoms with E-state index in [1.54, 1.807) is 0 Å². The maximum Gasteiger partial charge on any atom is 0.221 e. The van der Waals surface area contributed by atoms with Crippen LogP contribution in [0.1, 0.15) is 17.5 Å². The molecule has 3 nitrogen and oxygen atoms in total. The molecule has 116 valence electrons. The van der Waals surface area contributed by atoms with Crippen molar-refractivity contribution in [2.45, 2.75) is 19.5 Å². The quantitative estimate of drug-likeness (QED) is 0.755. The second-order valence-corrected chi connectivity index (χ2v) is 5.83. The lowest BCUT2D eigenvalue weighted by atomic mass is 10.2. The smallest absolute Gasteiger partial charge is 0.221 e. The van der Waals surface area contributed by atoms with Crippen LogP contribution in [0, 0.1) is 0 Å². The fourth-order valence-electron chi connectivity index (χ4n) is 1.93. The Bertz CT molecular complexity index is 597. The van der Waals surface area contributed by atoms with Crippen molar-refractivity contribution in [1.82, 2.24) is 10.6 Å². The highest BCUT2D eigenvalue weighted by atomic mass is 35.5. The molecule has 0 aliphatic rings. The Balaban J connectivity index is 1.61. The third-order valence-electron chi connectivity index (χ3n) is 3.17. The van der Waals surface area contributed by atoms with E-state index < -0.39 is 0 Å². The van der Waals surface area contributed by atoms with Crippen molar-refractivity contribution in [1.29, 1.82) is 0 Å². The minimum absolute atomic E-state index is 0.0264. The number of benzene rings is 2. The maximum atomic E-state index is 11.7. The van der Waals surface area contributed by atoms with Gasteiger partial charge in [-0.15, -0.1) is 0 Å². The van der Waals surface area contributed by atoms with Gasteiger partial charge in [0.05, 0.1) is 0 Å². The summed E-state index contributed by atoms with van der Waals surface area (Å²) >= 11 is 11.6. The molecule has 2 aromatic carbocycles. The number of hydrogen-bond donors (Lipinski definition) is 2. The first-order valence-electron chi connectivity index (χ1n) is 7.10. The average Bonchev–Trinajstić information content (AvgIpc) is 2.53. The zero-order valence-corrected chi connectivity index (χ0v) is 13.6. The molecule has 0 aliphatic heterocycles. The van der Waals surface area contributed by atoms with E-state index in [4.69, 9.17) is 23.2 Å². The summed E-state index contributed by atoms with van der Waals surface area (Å²) in [6.07, 6.45) is 0.446.